The van der Waals surface area contributed by atoms with Crippen molar-refractivity contribution in [3.63, 3.8) is 0 Å². The minimum Gasteiger partial charge on any atom is -0.466 e. The molecule has 278 valence electrons. The van der Waals surface area contributed by atoms with Gasteiger partial charge in [-0.05, 0) is 75.8 Å². The summed E-state index contributed by atoms with van der Waals surface area (Å²) in [6.45, 7) is 17.1. The highest BCUT2D eigenvalue weighted by molar-refractivity contribution is 6.16. The molecular weight excluding hydrogens is 654 g/mol. The maximum atomic E-state index is 13.9. The van der Waals surface area contributed by atoms with Gasteiger partial charge >= 0.3 is 11.9 Å². The summed E-state index contributed by atoms with van der Waals surface area (Å²) < 4.78 is 11.7. The number of fused-ring (bicyclic) bond motifs is 5. The van der Waals surface area contributed by atoms with Gasteiger partial charge in [0.05, 0.1) is 29.3 Å². The third-order valence-corrected chi connectivity index (χ3v) is 11.6. The van der Waals surface area contributed by atoms with Crippen LogP contribution in [-0.4, -0.2) is 59.2 Å². The molecule has 0 spiro atoms. The molecule has 52 heavy (non-hydrogen) atoms. The number of esters is 2. The van der Waals surface area contributed by atoms with Gasteiger partial charge in [0.15, 0.2) is 5.78 Å². The van der Waals surface area contributed by atoms with Crippen molar-refractivity contribution in [3.05, 3.63) is 56.1 Å². The number of nitrogens with one attached hydrogen (secondary N) is 2. The Kier molecular flexibility index (Phi) is 11.3. The van der Waals surface area contributed by atoms with Crippen molar-refractivity contribution in [3.8, 4) is 0 Å². The first-order valence-electron chi connectivity index (χ1n) is 19.4. The Balaban J connectivity index is 1.60. The summed E-state index contributed by atoms with van der Waals surface area (Å²) >= 11 is 0. The molecule has 5 aliphatic heterocycles. The second-order valence-electron chi connectivity index (χ2n) is 15.1. The van der Waals surface area contributed by atoms with E-state index in [4.69, 9.17) is 24.5 Å². The third kappa shape index (κ3) is 7.05. The highest BCUT2D eigenvalue weighted by atomic mass is 16.5. The number of cyclic esters (lactones) is 1. The third-order valence-electron chi connectivity index (χ3n) is 11.6. The first-order valence-corrected chi connectivity index (χ1v) is 19.4. The molecule has 10 heteroatoms. The number of ether oxygens (including phenoxy) is 2. The second kappa shape index (κ2) is 15.7. The number of unbranched alkanes of at least 4 members (excludes halogenated alkanes) is 3. The molecule has 6 rings (SSSR count). The van der Waals surface area contributed by atoms with Crippen molar-refractivity contribution in [1.82, 2.24) is 10.3 Å². The van der Waals surface area contributed by atoms with Crippen LogP contribution in [0, 0.1) is 36.5 Å². The van der Waals surface area contributed by atoms with E-state index in [1.54, 1.807) is 6.92 Å². The predicted molar refractivity (Wildman–Crippen MR) is 205 cm³/mol. The zero-order chi connectivity index (χ0) is 37.3. The van der Waals surface area contributed by atoms with Crippen LogP contribution >= 0.6 is 0 Å². The number of Topliss-reactive ketones (excluding diaryl/α,β-unsaturated/α-hetero) is 1. The summed E-state index contributed by atoms with van der Waals surface area (Å²) in [6, 6.07) is -0.438. The maximum absolute atomic E-state index is 13.9. The Labute approximate surface area is 307 Å². The van der Waals surface area contributed by atoms with E-state index in [9.17, 15) is 14.4 Å². The standard InChI is InChI=1S/C42H55N5O5/c1-9-12-13-14-17-43-41-38-39-28(15-16-35(49)51-18-10-2)23(5)30(46-39)19-31-24(6)36(26(8)48)34(45-31)21-29-22(4)27(11-3)33(44-29)20-32-25(7)37(40(38)47-32)42(50)52-41/h19-23,27-28,37,40,45,47H,9-18H2,1-8H3/b31-19-,33-20-,34-21-,39-38+,43-41?/t22-,23+,27-,28+,37?,40?/m1/s1. The smallest absolute Gasteiger partial charge is 0.322 e. The molecule has 1 aromatic rings. The van der Waals surface area contributed by atoms with Crippen molar-refractivity contribution in [2.24, 2.45) is 44.6 Å². The van der Waals surface area contributed by atoms with Crippen LogP contribution in [0.1, 0.15) is 116 Å². The average molecular weight is 710 g/mol. The lowest BCUT2D eigenvalue weighted by molar-refractivity contribution is -0.144. The normalized spacial score (nSPS) is 30.8. The summed E-state index contributed by atoms with van der Waals surface area (Å²) in [6.07, 6.45) is 12.7. The lowest BCUT2D eigenvalue weighted by Crippen LogP contribution is -2.46. The Morgan fingerprint density at radius 3 is 2.38 bits per heavy atom. The van der Waals surface area contributed by atoms with E-state index in [1.807, 2.05) is 32.9 Å². The van der Waals surface area contributed by atoms with Gasteiger partial charge in [-0.25, -0.2) is 0 Å². The van der Waals surface area contributed by atoms with Gasteiger partial charge in [0.25, 0.3) is 0 Å². The van der Waals surface area contributed by atoms with E-state index in [0.29, 0.717) is 31.0 Å². The molecule has 6 atom stereocenters. The van der Waals surface area contributed by atoms with Crippen LogP contribution in [0.4, 0.5) is 0 Å². The number of H-pyrrole nitrogens is 1. The molecule has 2 N–H and O–H groups in total. The number of allylic oxidation sites excluding steroid dienone is 3. The minimum absolute atomic E-state index is 0.0172. The lowest BCUT2D eigenvalue weighted by atomic mass is 9.81. The second-order valence-corrected chi connectivity index (χ2v) is 15.1. The van der Waals surface area contributed by atoms with Crippen molar-refractivity contribution in [2.45, 2.75) is 113 Å². The average Bonchev–Trinajstić information content (AvgIpc) is 3.79. The summed E-state index contributed by atoms with van der Waals surface area (Å²) in [4.78, 5) is 58.9. The number of rotatable bonds is 12. The number of aromatic amines is 1. The van der Waals surface area contributed by atoms with Gasteiger partial charge < -0.3 is 19.8 Å². The summed E-state index contributed by atoms with van der Waals surface area (Å²) in [5.74, 6) is -0.775. The number of carbonyl (C=O) groups excluding carboxylic acids is 3. The highest BCUT2D eigenvalue weighted by Gasteiger charge is 2.50. The Bertz CT molecular complexity index is 1960. The van der Waals surface area contributed by atoms with E-state index >= 15 is 0 Å². The molecule has 6 heterocycles. The molecule has 0 aliphatic carbocycles. The quantitative estimate of drug-likeness (QED) is 0.151. The molecule has 8 bridgehead atoms. The zero-order valence-corrected chi connectivity index (χ0v) is 32.2. The van der Waals surface area contributed by atoms with Crippen molar-refractivity contribution >= 4 is 47.2 Å². The molecule has 1 aromatic heterocycles. The van der Waals surface area contributed by atoms with Crippen molar-refractivity contribution in [2.75, 3.05) is 13.2 Å². The Morgan fingerprint density at radius 2 is 1.67 bits per heavy atom. The highest BCUT2D eigenvalue weighted by Crippen LogP contribution is 2.44. The number of ketones is 1. The van der Waals surface area contributed by atoms with Crippen LogP contribution in [0.3, 0.4) is 0 Å². The molecule has 0 radical (unpaired) electrons. The zero-order valence-electron chi connectivity index (χ0n) is 32.2. The van der Waals surface area contributed by atoms with Gasteiger partial charge in [-0.2, -0.15) is 0 Å². The Hall–Kier alpha value is -4.34. The van der Waals surface area contributed by atoms with Crippen LogP contribution in [0.15, 0.2) is 49.3 Å². The number of hydrogen-bond donors (Lipinski definition) is 2. The molecule has 0 saturated carbocycles. The predicted octanol–water partition coefficient (Wildman–Crippen LogP) is 6.19. The summed E-state index contributed by atoms with van der Waals surface area (Å²) in [7, 11) is 0. The van der Waals surface area contributed by atoms with E-state index < -0.39 is 12.0 Å². The van der Waals surface area contributed by atoms with E-state index in [1.165, 1.54) is 0 Å². The van der Waals surface area contributed by atoms with Gasteiger partial charge in [0, 0.05) is 70.4 Å². The molecule has 1 fully saturated rings. The fraction of sp³-hybridized carbons (Fsp3) is 0.571. The first kappa shape index (κ1) is 37.4. The number of hydrogen-bond acceptors (Lipinski definition) is 9. The van der Waals surface area contributed by atoms with E-state index in [0.717, 1.165) is 94.4 Å². The van der Waals surface area contributed by atoms with Crippen LogP contribution in [0.25, 0.3) is 12.2 Å². The number of carbonyl (C=O) groups is 3. The maximum Gasteiger partial charge on any atom is 0.322 e. The number of nitrogens with zero attached hydrogens (tertiary/aromatic N) is 3. The summed E-state index contributed by atoms with van der Waals surface area (Å²) in [5, 5.41) is 5.30. The van der Waals surface area contributed by atoms with Crippen LogP contribution < -0.4 is 16.0 Å². The van der Waals surface area contributed by atoms with E-state index in [-0.39, 0.29) is 47.8 Å². The van der Waals surface area contributed by atoms with Gasteiger partial charge in [0.1, 0.15) is 5.92 Å². The summed E-state index contributed by atoms with van der Waals surface area (Å²) in [5.41, 5.74) is 7.50. The van der Waals surface area contributed by atoms with Crippen LogP contribution in [0.2, 0.25) is 0 Å². The largest absolute Gasteiger partial charge is 0.466 e. The molecule has 1 saturated heterocycles. The van der Waals surface area contributed by atoms with E-state index in [2.05, 4.69) is 44.1 Å². The van der Waals surface area contributed by atoms with Gasteiger partial charge in [0.2, 0.25) is 5.90 Å². The SMILES string of the molecule is CCCCCCN=C1OC(=O)C2C(C)=C3/C=C4N=C(/C=c5\[nH]/c(c(C)c5C(C)=O)=C\C5=NC(=C/1C2N3)/[C@@H](CCC(=O)OCCC)[C@@H]5C)[C@H](C)[C@H]\4CC. The molecule has 0 amide bonds. The van der Waals surface area contributed by atoms with Crippen molar-refractivity contribution in [1.29, 1.82) is 0 Å². The topological polar surface area (TPSA) is 135 Å². The lowest BCUT2D eigenvalue weighted by Gasteiger charge is -2.31. The van der Waals surface area contributed by atoms with Gasteiger partial charge in [-0.15, -0.1) is 0 Å². The van der Waals surface area contributed by atoms with Crippen LogP contribution in [-0.2, 0) is 19.1 Å². The first-order chi connectivity index (χ1) is 25.0. The molecular formula is C42H55N5O5. The van der Waals surface area contributed by atoms with Crippen molar-refractivity contribution < 1.29 is 23.9 Å². The molecule has 2 unspecified atom stereocenters. The van der Waals surface area contributed by atoms with Gasteiger partial charge in [-0.3, -0.25) is 29.4 Å². The molecule has 5 aliphatic rings. The minimum atomic E-state index is -0.558. The monoisotopic (exact) mass is 709 g/mol. The van der Waals surface area contributed by atoms with Crippen LogP contribution in [0.5, 0.6) is 0 Å². The molecule has 10 nitrogen and oxygen atoms in total. The fourth-order valence-corrected chi connectivity index (χ4v) is 8.53. The number of aromatic nitrogens is 1. The van der Waals surface area contributed by atoms with Gasteiger partial charge in [-0.1, -0.05) is 53.9 Å². The molecule has 0 aromatic carbocycles. The Morgan fingerprint density at radius 1 is 0.942 bits per heavy atom. The fourth-order valence-electron chi connectivity index (χ4n) is 8.53. The number of aliphatic imine (C=N–C) groups is 3.